The molecule has 1 fully saturated rings. The van der Waals surface area contributed by atoms with E-state index in [9.17, 15) is 32.3 Å². The van der Waals surface area contributed by atoms with E-state index < -0.39 is 58.3 Å². The van der Waals surface area contributed by atoms with Gasteiger partial charge in [-0.3, -0.25) is 9.64 Å². The molecule has 3 unspecified atom stereocenters. The highest BCUT2D eigenvalue weighted by Crippen LogP contribution is 2.44. The first kappa shape index (κ1) is 57.2. The first-order chi connectivity index (χ1) is 29.1. The van der Waals surface area contributed by atoms with E-state index in [0.29, 0.717) is 24.5 Å². The van der Waals surface area contributed by atoms with Crippen LogP contribution in [0.1, 0.15) is 65.2 Å². The standard InChI is InChI=1S/C13H16Cl2FNO.C11H12Cl2FNOSi.C11H13Cl2FO2Si.C7H3Cl2FO/c1-13(4-5-13)7-17-6-10(18)11-8(14)2-3-9(16)12(11)15;1-15-11(16-17(2,3)4)9-7(12)5-6-8(14)10(9)13;1-17(2,3)16-9(6-15)10-7(12)4-5-8(14)11(10)13;8-5-1-2-6(10)7(9)4(5)3-11/h2-3,10,17-18H,4-7H2,1H3;5-6,11H,2-4H3;4-6,9H,1-3H3;1-3H. The van der Waals surface area contributed by atoms with Crippen LogP contribution in [0.3, 0.4) is 0 Å². The van der Waals surface area contributed by atoms with Crippen molar-refractivity contribution in [2.75, 3.05) is 13.1 Å². The van der Waals surface area contributed by atoms with Crippen molar-refractivity contribution in [1.82, 2.24) is 5.32 Å². The van der Waals surface area contributed by atoms with Gasteiger partial charge in [-0.1, -0.05) is 99.7 Å². The van der Waals surface area contributed by atoms with Crippen molar-refractivity contribution in [3.05, 3.63) is 146 Å². The summed E-state index contributed by atoms with van der Waals surface area (Å²) in [7, 11) is -3.90. The Balaban J connectivity index is 0.000000293. The molecule has 4 aromatic rings. The third-order valence-corrected chi connectivity index (χ3v) is 13.2. The van der Waals surface area contributed by atoms with E-state index in [2.05, 4.69) is 17.1 Å². The van der Waals surface area contributed by atoms with Gasteiger partial charge in [0, 0.05) is 34.3 Å². The fraction of sp³-hybridized carbons (Fsp3) is 0.357. The largest absolute Gasteiger partial charge is 0.404 e. The summed E-state index contributed by atoms with van der Waals surface area (Å²) in [6.45, 7) is 22.0. The highest BCUT2D eigenvalue weighted by molar-refractivity contribution is 6.70. The summed E-state index contributed by atoms with van der Waals surface area (Å²) in [6.07, 6.45) is 0.658. The minimum absolute atomic E-state index is 0.00617. The zero-order valence-electron chi connectivity index (χ0n) is 34.9. The Kier molecular flexibility index (Phi) is 22.9. The molecule has 0 amide bonds. The summed E-state index contributed by atoms with van der Waals surface area (Å²) < 4.78 is 63.9. The molecule has 0 heterocycles. The van der Waals surface area contributed by atoms with Crippen LogP contribution < -0.4 is 5.32 Å². The van der Waals surface area contributed by atoms with Gasteiger partial charge < -0.3 is 24.1 Å². The summed E-state index contributed by atoms with van der Waals surface area (Å²) in [5.74, 6) is -2.42. The third-order valence-electron chi connectivity index (χ3n) is 8.48. The lowest BCUT2D eigenvalue weighted by atomic mass is 10.1. The molecular weight excluding hydrogens is 1030 g/mol. The Morgan fingerprint density at radius 3 is 1.48 bits per heavy atom. The van der Waals surface area contributed by atoms with Crippen LogP contribution >= 0.6 is 92.8 Å². The first-order valence-electron chi connectivity index (χ1n) is 18.7. The topological polar surface area (TPSA) is 89.2 Å². The molecular formula is C42H44Cl8F4N2O5Si2. The number of hydrogen-bond donors (Lipinski definition) is 2. The average molecular weight is 1070 g/mol. The number of aldehydes is 2. The van der Waals surface area contributed by atoms with Crippen LogP contribution in [-0.4, -0.2) is 47.4 Å². The van der Waals surface area contributed by atoms with Gasteiger partial charge in [0.1, 0.15) is 34.9 Å². The van der Waals surface area contributed by atoms with E-state index in [1.807, 2.05) is 39.3 Å². The highest BCUT2D eigenvalue weighted by Gasteiger charge is 2.37. The molecule has 4 aromatic carbocycles. The maximum Gasteiger partial charge on any atom is 0.348 e. The second-order valence-electron chi connectivity index (χ2n) is 16.1. The Hall–Kier alpha value is -1.98. The maximum atomic E-state index is 13.4. The molecule has 1 saturated carbocycles. The third kappa shape index (κ3) is 18.0. The number of carbonyl (C=O) groups excluding carboxylic acids is 2. The quantitative estimate of drug-likeness (QED) is 0.0456. The molecule has 1 aliphatic rings. The predicted molar refractivity (Wildman–Crippen MR) is 253 cm³/mol. The van der Waals surface area contributed by atoms with Crippen LogP contribution in [0.2, 0.25) is 79.5 Å². The highest BCUT2D eigenvalue weighted by atomic mass is 35.5. The minimum atomic E-state index is -1.96. The first-order valence-corrected chi connectivity index (χ1v) is 28.5. The Labute approximate surface area is 407 Å². The molecule has 0 spiro atoms. The van der Waals surface area contributed by atoms with Gasteiger partial charge in [-0.25, -0.2) is 24.1 Å². The van der Waals surface area contributed by atoms with Gasteiger partial charge in [0.05, 0.1) is 41.8 Å². The minimum Gasteiger partial charge on any atom is -0.404 e. The number of aliphatic hydroxyl groups excluding tert-OH is 1. The van der Waals surface area contributed by atoms with Gasteiger partial charge in [0.15, 0.2) is 29.2 Å². The average Bonchev–Trinajstić information content (AvgIpc) is 3.93. The van der Waals surface area contributed by atoms with Crippen LogP contribution in [0.25, 0.3) is 4.85 Å². The Morgan fingerprint density at radius 2 is 1.08 bits per heavy atom. The Bertz CT molecular complexity index is 2280. The summed E-state index contributed by atoms with van der Waals surface area (Å²) in [5, 5.41) is 13.5. The van der Waals surface area contributed by atoms with Crippen molar-refractivity contribution in [2.45, 2.75) is 77.5 Å². The molecule has 0 aromatic heterocycles. The van der Waals surface area contributed by atoms with Crippen molar-refractivity contribution in [2.24, 2.45) is 5.41 Å². The number of rotatable bonds is 13. The van der Waals surface area contributed by atoms with Gasteiger partial charge in [0.25, 0.3) is 0 Å². The second-order valence-corrected chi connectivity index (χ2v) is 28.2. The fourth-order valence-electron chi connectivity index (χ4n) is 5.09. The fourth-order valence-corrected chi connectivity index (χ4v) is 9.10. The Morgan fingerprint density at radius 1 is 0.683 bits per heavy atom. The molecule has 7 nitrogen and oxygen atoms in total. The zero-order chi connectivity index (χ0) is 48.2. The molecule has 21 heteroatoms. The van der Waals surface area contributed by atoms with Gasteiger partial charge in [0.2, 0.25) is 0 Å². The molecule has 1 aliphatic carbocycles. The number of nitrogens with one attached hydrogen (secondary N) is 1. The second kappa shape index (κ2) is 25.2. The number of aliphatic hydroxyl groups is 1. The number of benzene rings is 4. The van der Waals surface area contributed by atoms with Crippen molar-refractivity contribution >= 4 is 122 Å². The molecule has 0 bridgehead atoms. The van der Waals surface area contributed by atoms with Crippen LogP contribution in [-0.2, 0) is 13.6 Å². The smallest absolute Gasteiger partial charge is 0.348 e. The van der Waals surface area contributed by atoms with Crippen molar-refractivity contribution in [3.63, 3.8) is 0 Å². The zero-order valence-corrected chi connectivity index (χ0v) is 42.9. The lowest BCUT2D eigenvalue weighted by Gasteiger charge is -2.24. The lowest BCUT2D eigenvalue weighted by Crippen LogP contribution is -2.29. The predicted octanol–water partition coefficient (Wildman–Crippen LogP) is 15.6. The molecule has 0 radical (unpaired) electrons. The molecule has 0 aliphatic heterocycles. The van der Waals surface area contributed by atoms with Crippen LogP contribution in [0.15, 0.2) is 48.5 Å². The van der Waals surface area contributed by atoms with Gasteiger partial charge in [-0.2, -0.15) is 0 Å². The number of nitrogens with zero attached hydrogens (tertiary/aromatic N) is 1. The number of carbonyl (C=O) groups is 2. The van der Waals surface area contributed by atoms with Crippen molar-refractivity contribution < 1.29 is 41.1 Å². The van der Waals surface area contributed by atoms with E-state index in [0.717, 1.165) is 18.7 Å². The van der Waals surface area contributed by atoms with Gasteiger partial charge in [-0.15, -0.1) is 0 Å². The lowest BCUT2D eigenvalue weighted by molar-refractivity contribution is -0.114. The molecule has 3 atom stereocenters. The van der Waals surface area contributed by atoms with Crippen molar-refractivity contribution in [1.29, 1.82) is 0 Å². The van der Waals surface area contributed by atoms with Crippen LogP contribution in [0, 0.1) is 35.3 Å². The molecule has 344 valence electrons. The summed E-state index contributed by atoms with van der Waals surface area (Å²) >= 11 is 46.2. The number of hydrogen-bond acceptors (Lipinski definition) is 6. The van der Waals surface area contributed by atoms with Crippen LogP contribution in [0.5, 0.6) is 0 Å². The molecule has 0 saturated heterocycles. The SMILES string of the molecule is CC1(CNCC(O)c2c(Cl)ccc(F)c2Cl)CC1.C[Si](C)(C)OC(C=O)c1c(Cl)ccc(F)c1Cl.O=Cc1c(Cl)ccc(F)c1Cl.[C-]#[N+]C(O[Si](C)(C)C)c1c(Cl)ccc(F)c1Cl. The van der Waals surface area contributed by atoms with E-state index in [4.69, 9.17) is 108 Å². The summed E-state index contributed by atoms with van der Waals surface area (Å²) in [6, 6.07) is 10.1. The normalized spacial score (nSPS) is 14.3. The number of halogens is 12. The maximum absolute atomic E-state index is 13.4. The van der Waals surface area contributed by atoms with E-state index >= 15 is 0 Å². The van der Waals surface area contributed by atoms with E-state index in [-0.39, 0.29) is 62.4 Å². The van der Waals surface area contributed by atoms with Crippen LogP contribution in [0.4, 0.5) is 17.6 Å². The van der Waals surface area contributed by atoms with Crippen molar-refractivity contribution in [3.8, 4) is 0 Å². The molecule has 5 rings (SSSR count). The molecule has 2 N–H and O–H groups in total. The van der Waals surface area contributed by atoms with E-state index in [1.165, 1.54) is 49.2 Å². The molecule has 63 heavy (non-hydrogen) atoms. The van der Waals surface area contributed by atoms with Gasteiger partial charge >= 0.3 is 6.23 Å². The van der Waals surface area contributed by atoms with E-state index in [1.54, 1.807) is 0 Å². The summed E-state index contributed by atoms with van der Waals surface area (Å²) in [5.41, 5.74) is 1.02. The summed E-state index contributed by atoms with van der Waals surface area (Å²) in [4.78, 5) is 24.7. The van der Waals surface area contributed by atoms with Gasteiger partial charge in [-0.05, 0) is 106 Å². The monoisotopic (exact) mass is 1070 g/mol.